The molecule has 2 atom stereocenters. The van der Waals surface area contributed by atoms with Gasteiger partial charge in [-0.2, -0.15) is 0 Å². The second kappa shape index (κ2) is 12.2. The van der Waals surface area contributed by atoms with E-state index in [0.717, 1.165) is 0 Å². The maximum absolute atomic E-state index is 11.6. The number of carbonyl (C=O) groups is 6. The van der Waals surface area contributed by atoms with Gasteiger partial charge in [0.1, 0.15) is 6.04 Å². The molecule has 0 aromatic carbocycles. The van der Waals surface area contributed by atoms with Crippen molar-refractivity contribution in [2.75, 3.05) is 13.1 Å². The summed E-state index contributed by atoms with van der Waals surface area (Å²) in [7, 11) is 0. The Hall–Kier alpha value is -3.22. The second-order valence-corrected chi connectivity index (χ2v) is 5.50. The fraction of sp³-hybridized carbons (Fsp3) is 0.571. The summed E-state index contributed by atoms with van der Waals surface area (Å²) in [6, 6.07) is -2.44. The van der Waals surface area contributed by atoms with Crippen LogP contribution in [0.1, 0.15) is 25.7 Å². The highest BCUT2D eigenvalue weighted by Gasteiger charge is 2.21. The van der Waals surface area contributed by atoms with E-state index in [9.17, 15) is 28.8 Å². The maximum atomic E-state index is 11.6. The fourth-order valence-corrected chi connectivity index (χ4v) is 1.74. The first-order chi connectivity index (χ1) is 12.5. The largest absolute Gasteiger partial charge is 0.481 e. The zero-order valence-electron chi connectivity index (χ0n) is 14.4. The zero-order valence-corrected chi connectivity index (χ0v) is 14.4. The normalized spacial score (nSPS) is 12.3. The van der Waals surface area contributed by atoms with Gasteiger partial charge in [-0.25, -0.2) is 4.79 Å². The highest BCUT2D eigenvalue weighted by Crippen LogP contribution is 1.97. The highest BCUT2D eigenvalue weighted by atomic mass is 16.4. The number of carboxylic acid groups (broad SMARTS) is 2. The van der Waals surface area contributed by atoms with Crippen LogP contribution in [-0.4, -0.2) is 71.0 Å². The summed E-state index contributed by atoms with van der Waals surface area (Å²) in [6.07, 6.45) is -0.846. The lowest BCUT2D eigenvalue weighted by molar-refractivity contribution is -0.142. The Kier molecular flexibility index (Phi) is 10.7. The van der Waals surface area contributed by atoms with Crippen molar-refractivity contribution in [2.45, 2.75) is 37.8 Å². The van der Waals surface area contributed by atoms with Crippen LogP contribution in [-0.2, 0) is 28.8 Å². The minimum absolute atomic E-state index is 0.104. The van der Waals surface area contributed by atoms with Gasteiger partial charge in [-0.1, -0.05) is 0 Å². The number of hydrogen-bond donors (Lipinski definition) is 7. The predicted octanol–water partition coefficient (Wildman–Crippen LogP) is -3.75. The second-order valence-electron chi connectivity index (χ2n) is 5.50. The van der Waals surface area contributed by atoms with Gasteiger partial charge in [-0.3, -0.25) is 24.0 Å². The summed E-state index contributed by atoms with van der Waals surface area (Å²) < 4.78 is 0. The van der Waals surface area contributed by atoms with Crippen LogP contribution in [0.15, 0.2) is 0 Å². The molecule has 0 heterocycles. The first-order valence-electron chi connectivity index (χ1n) is 7.85. The topological polar surface area (TPSA) is 231 Å². The molecule has 13 heteroatoms. The predicted molar refractivity (Wildman–Crippen MR) is 88.9 cm³/mol. The lowest BCUT2D eigenvalue weighted by Gasteiger charge is -2.14. The van der Waals surface area contributed by atoms with E-state index in [1.807, 2.05) is 0 Å². The quantitative estimate of drug-likeness (QED) is 0.164. The highest BCUT2D eigenvalue weighted by molar-refractivity contribution is 5.91. The number of amides is 4. The summed E-state index contributed by atoms with van der Waals surface area (Å²) in [5.74, 6) is -5.48. The van der Waals surface area contributed by atoms with E-state index in [1.54, 1.807) is 0 Å². The molecule has 0 fully saturated rings. The third-order valence-corrected chi connectivity index (χ3v) is 3.19. The van der Waals surface area contributed by atoms with E-state index < -0.39 is 60.7 Å². The minimum Gasteiger partial charge on any atom is -0.481 e. The summed E-state index contributed by atoms with van der Waals surface area (Å²) in [5.41, 5.74) is 10.4. The van der Waals surface area contributed by atoms with Crippen LogP contribution in [0.4, 0.5) is 0 Å². The molecule has 0 saturated heterocycles. The van der Waals surface area contributed by atoms with E-state index in [4.69, 9.17) is 21.7 Å². The summed E-state index contributed by atoms with van der Waals surface area (Å²) in [4.78, 5) is 66.8. The molecule has 0 rings (SSSR count). The van der Waals surface area contributed by atoms with Gasteiger partial charge in [-0.15, -0.1) is 0 Å². The van der Waals surface area contributed by atoms with Crippen LogP contribution in [0.25, 0.3) is 0 Å². The van der Waals surface area contributed by atoms with Gasteiger partial charge in [0.15, 0.2) is 0 Å². The Morgan fingerprint density at radius 3 is 1.96 bits per heavy atom. The Labute approximate surface area is 153 Å². The molecule has 9 N–H and O–H groups in total. The molecule has 0 bridgehead atoms. The molecule has 13 nitrogen and oxygen atoms in total. The maximum Gasteiger partial charge on any atom is 0.326 e. The molecule has 152 valence electrons. The molecule has 0 saturated carbocycles. The van der Waals surface area contributed by atoms with E-state index in [-0.39, 0.29) is 25.7 Å². The smallest absolute Gasteiger partial charge is 0.326 e. The standard InChI is InChI=1S/C14H23N5O8/c15-7(1-4-12(23)24)13(25)18-5-10(21)17-6-11(22)19-8(14(26)27)2-3-9(16)20/h7-8H,1-6,15H2,(H2,16,20)(H,17,21)(H,18,25)(H,19,22)(H,23,24)(H,26,27). The van der Waals surface area contributed by atoms with E-state index >= 15 is 0 Å². The monoisotopic (exact) mass is 389 g/mol. The van der Waals surface area contributed by atoms with Gasteiger partial charge in [0, 0.05) is 12.8 Å². The lowest BCUT2D eigenvalue weighted by atomic mass is 10.1. The van der Waals surface area contributed by atoms with Crippen molar-refractivity contribution in [1.82, 2.24) is 16.0 Å². The molecule has 27 heavy (non-hydrogen) atoms. The van der Waals surface area contributed by atoms with Crippen LogP contribution in [0, 0.1) is 0 Å². The number of primary amides is 1. The van der Waals surface area contributed by atoms with Crippen molar-refractivity contribution in [2.24, 2.45) is 11.5 Å². The number of rotatable bonds is 13. The van der Waals surface area contributed by atoms with Gasteiger partial charge in [-0.05, 0) is 12.8 Å². The van der Waals surface area contributed by atoms with Crippen LogP contribution < -0.4 is 27.4 Å². The number of aliphatic carboxylic acids is 2. The third kappa shape index (κ3) is 11.9. The van der Waals surface area contributed by atoms with E-state index in [1.165, 1.54) is 0 Å². The van der Waals surface area contributed by atoms with Crippen LogP contribution in [0.3, 0.4) is 0 Å². The van der Waals surface area contributed by atoms with Crippen molar-refractivity contribution >= 4 is 35.6 Å². The van der Waals surface area contributed by atoms with E-state index in [2.05, 4.69) is 16.0 Å². The number of nitrogens with two attached hydrogens (primary N) is 2. The number of carbonyl (C=O) groups excluding carboxylic acids is 4. The Morgan fingerprint density at radius 1 is 0.852 bits per heavy atom. The number of hydrogen-bond acceptors (Lipinski definition) is 7. The molecule has 0 aromatic rings. The van der Waals surface area contributed by atoms with E-state index in [0.29, 0.717) is 0 Å². The summed E-state index contributed by atoms with van der Waals surface area (Å²) >= 11 is 0. The van der Waals surface area contributed by atoms with Crippen LogP contribution in [0.5, 0.6) is 0 Å². The first kappa shape index (κ1) is 23.8. The van der Waals surface area contributed by atoms with Gasteiger partial charge in [0.25, 0.3) is 0 Å². The van der Waals surface area contributed by atoms with Crippen LogP contribution >= 0.6 is 0 Å². The SMILES string of the molecule is NC(=O)CCC(NC(=O)CNC(=O)CNC(=O)C(N)CCC(=O)O)C(=O)O. The van der Waals surface area contributed by atoms with Crippen molar-refractivity contribution in [3.63, 3.8) is 0 Å². The van der Waals surface area contributed by atoms with Crippen molar-refractivity contribution in [3.8, 4) is 0 Å². The molecule has 0 aliphatic carbocycles. The molecule has 0 aromatic heterocycles. The average Bonchev–Trinajstić information content (AvgIpc) is 2.58. The molecule has 0 spiro atoms. The number of nitrogens with one attached hydrogen (secondary N) is 3. The van der Waals surface area contributed by atoms with Crippen molar-refractivity contribution in [1.29, 1.82) is 0 Å². The molecule has 0 radical (unpaired) electrons. The van der Waals surface area contributed by atoms with Gasteiger partial charge < -0.3 is 37.6 Å². The molecule has 4 amide bonds. The fourth-order valence-electron chi connectivity index (χ4n) is 1.74. The average molecular weight is 389 g/mol. The Bertz CT molecular complexity index is 594. The van der Waals surface area contributed by atoms with Crippen molar-refractivity contribution < 1.29 is 39.0 Å². The van der Waals surface area contributed by atoms with Crippen molar-refractivity contribution in [3.05, 3.63) is 0 Å². The Balaban J connectivity index is 4.19. The molecule has 2 unspecified atom stereocenters. The number of carboxylic acids is 2. The third-order valence-electron chi connectivity index (χ3n) is 3.19. The molecular formula is C14H23N5O8. The lowest BCUT2D eigenvalue weighted by Crippen LogP contribution is -2.48. The van der Waals surface area contributed by atoms with Gasteiger partial charge >= 0.3 is 11.9 Å². The first-order valence-corrected chi connectivity index (χ1v) is 7.85. The summed E-state index contributed by atoms with van der Waals surface area (Å²) in [6.45, 7) is -1.06. The Morgan fingerprint density at radius 2 is 1.44 bits per heavy atom. The van der Waals surface area contributed by atoms with Gasteiger partial charge in [0.2, 0.25) is 23.6 Å². The molecule has 0 aliphatic rings. The van der Waals surface area contributed by atoms with Crippen LogP contribution in [0.2, 0.25) is 0 Å². The zero-order chi connectivity index (χ0) is 21.0. The molecule has 0 aliphatic heterocycles. The molecular weight excluding hydrogens is 366 g/mol. The summed E-state index contributed by atoms with van der Waals surface area (Å²) in [5, 5.41) is 23.9. The van der Waals surface area contributed by atoms with Gasteiger partial charge in [0.05, 0.1) is 19.1 Å². The minimum atomic E-state index is -1.36.